The van der Waals surface area contributed by atoms with E-state index in [-0.39, 0.29) is 5.57 Å². The van der Waals surface area contributed by atoms with Gasteiger partial charge < -0.3 is 19.4 Å². The summed E-state index contributed by atoms with van der Waals surface area (Å²) >= 11 is 0. The summed E-state index contributed by atoms with van der Waals surface area (Å²) in [6.45, 7) is 5.49. The Balaban J connectivity index is 1.49. The molecule has 1 amide bonds. The van der Waals surface area contributed by atoms with Crippen LogP contribution in [0.3, 0.4) is 0 Å². The SMILES string of the molecule is CCOCCNC(=O)/C(C#N)=C/c1ccc(-c2ccc3cc(N4CCCCC4)ccc3c2)o1. The lowest BCUT2D eigenvalue weighted by Crippen LogP contribution is -2.29. The fraction of sp³-hybridized carbons (Fsp3) is 0.333. The van der Waals surface area contributed by atoms with Crippen molar-refractivity contribution in [3.8, 4) is 17.4 Å². The van der Waals surface area contributed by atoms with Gasteiger partial charge in [0.2, 0.25) is 0 Å². The Kier molecular flexibility index (Phi) is 7.43. The van der Waals surface area contributed by atoms with Gasteiger partial charge in [0.25, 0.3) is 5.91 Å². The van der Waals surface area contributed by atoms with Crippen LogP contribution < -0.4 is 10.2 Å². The number of nitrogens with one attached hydrogen (secondary N) is 1. The maximum absolute atomic E-state index is 12.2. The summed E-state index contributed by atoms with van der Waals surface area (Å²) in [4.78, 5) is 14.7. The minimum atomic E-state index is -0.439. The molecule has 0 unspecified atom stereocenters. The van der Waals surface area contributed by atoms with Crippen LogP contribution in [0.4, 0.5) is 5.69 Å². The quantitative estimate of drug-likeness (QED) is 0.296. The fourth-order valence-corrected chi connectivity index (χ4v) is 4.09. The van der Waals surface area contributed by atoms with Gasteiger partial charge in [-0.3, -0.25) is 4.79 Å². The predicted molar refractivity (Wildman–Crippen MR) is 131 cm³/mol. The highest BCUT2D eigenvalue weighted by Crippen LogP contribution is 2.30. The lowest BCUT2D eigenvalue weighted by molar-refractivity contribution is -0.117. The average molecular weight is 444 g/mol. The molecule has 0 radical (unpaired) electrons. The van der Waals surface area contributed by atoms with Crippen molar-refractivity contribution in [1.82, 2.24) is 5.32 Å². The molecule has 0 atom stereocenters. The number of furan rings is 1. The van der Waals surface area contributed by atoms with Gasteiger partial charge in [0.05, 0.1) is 6.61 Å². The molecule has 1 N–H and O–H groups in total. The van der Waals surface area contributed by atoms with Crippen LogP contribution in [0.1, 0.15) is 31.9 Å². The zero-order chi connectivity index (χ0) is 23.0. The van der Waals surface area contributed by atoms with E-state index in [0.29, 0.717) is 31.3 Å². The number of amides is 1. The molecule has 0 aliphatic carbocycles. The number of anilines is 1. The van der Waals surface area contributed by atoms with Gasteiger partial charge in [-0.25, -0.2) is 0 Å². The summed E-state index contributed by atoms with van der Waals surface area (Å²) in [7, 11) is 0. The second-order valence-corrected chi connectivity index (χ2v) is 8.12. The second-order valence-electron chi connectivity index (χ2n) is 8.12. The third-order valence-electron chi connectivity index (χ3n) is 5.84. The van der Waals surface area contributed by atoms with Crippen molar-refractivity contribution in [2.45, 2.75) is 26.2 Å². The van der Waals surface area contributed by atoms with Gasteiger partial charge in [-0.05, 0) is 67.3 Å². The Morgan fingerprint density at radius 2 is 1.91 bits per heavy atom. The number of fused-ring (bicyclic) bond motifs is 1. The summed E-state index contributed by atoms with van der Waals surface area (Å²) in [5.41, 5.74) is 2.23. The highest BCUT2D eigenvalue weighted by atomic mass is 16.5. The summed E-state index contributed by atoms with van der Waals surface area (Å²) in [5.74, 6) is 0.713. The Morgan fingerprint density at radius 1 is 1.12 bits per heavy atom. The number of piperidine rings is 1. The molecule has 33 heavy (non-hydrogen) atoms. The number of carbonyl (C=O) groups excluding carboxylic acids is 1. The molecule has 170 valence electrons. The van der Waals surface area contributed by atoms with E-state index in [0.717, 1.165) is 24.0 Å². The zero-order valence-electron chi connectivity index (χ0n) is 19.0. The number of hydrogen-bond acceptors (Lipinski definition) is 5. The first-order chi connectivity index (χ1) is 16.2. The van der Waals surface area contributed by atoms with E-state index in [1.54, 1.807) is 6.07 Å². The van der Waals surface area contributed by atoms with Crippen molar-refractivity contribution < 1.29 is 13.9 Å². The van der Waals surface area contributed by atoms with Crippen molar-refractivity contribution in [3.63, 3.8) is 0 Å². The van der Waals surface area contributed by atoms with E-state index < -0.39 is 5.91 Å². The van der Waals surface area contributed by atoms with E-state index >= 15 is 0 Å². The summed E-state index contributed by atoms with van der Waals surface area (Å²) in [5, 5.41) is 14.4. The molecular formula is C27H29N3O3. The second kappa shape index (κ2) is 10.8. The molecule has 4 rings (SSSR count). The van der Waals surface area contributed by atoms with Crippen LogP contribution in [0.2, 0.25) is 0 Å². The first-order valence-corrected chi connectivity index (χ1v) is 11.5. The number of nitrogens with zero attached hydrogens (tertiary/aromatic N) is 2. The molecule has 6 heteroatoms. The highest BCUT2D eigenvalue weighted by molar-refractivity contribution is 6.01. The van der Waals surface area contributed by atoms with Crippen LogP contribution >= 0.6 is 0 Å². The predicted octanol–water partition coefficient (Wildman–Crippen LogP) is 5.15. The molecule has 0 saturated carbocycles. The lowest BCUT2D eigenvalue weighted by Gasteiger charge is -2.29. The van der Waals surface area contributed by atoms with Crippen molar-refractivity contribution in [3.05, 3.63) is 59.9 Å². The van der Waals surface area contributed by atoms with Gasteiger partial charge >= 0.3 is 0 Å². The van der Waals surface area contributed by atoms with Gasteiger partial charge in [-0.1, -0.05) is 18.2 Å². The Hall–Kier alpha value is -3.56. The van der Waals surface area contributed by atoms with E-state index in [1.165, 1.54) is 36.4 Å². The Labute approximate surface area is 194 Å². The van der Waals surface area contributed by atoms with Crippen molar-refractivity contribution in [2.24, 2.45) is 0 Å². The summed E-state index contributed by atoms with van der Waals surface area (Å²) < 4.78 is 11.1. The largest absolute Gasteiger partial charge is 0.457 e. The molecule has 0 spiro atoms. The number of carbonyl (C=O) groups is 1. The molecule has 6 nitrogen and oxygen atoms in total. The molecule has 1 aliphatic heterocycles. The van der Waals surface area contributed by atoms with Crippen molar-refractivity contribution in [2.75, 3.05) is 37.7 Å². The molecule has 1 fully saturated rings. The van der Waals surface area contributed by atoms with Crippen LogP contribution in [-0.4, -0.2) is 38.8 Å². The molecule has 1 aromatic heterocycles. The Morgan fingerprint density at radius 3 is 2.70 bits per heavy atom. The fourth-order valence-electron chi connectivity index (χ4n) is 4.09. The van der Waals surface area contributed by atoms with Crippen LogP contribution in [-0.2, 0) is 9.53 Å². The van der Waals surface area contributed by atoms with E-state index in [1.807, 2.05) is 25.1 Å². The van der Waals surface area contributed by atoms with Gasteiger partial charge in [0.15, 0.2) is 0 Å². The normalized spacial score (nSPS) is 14.3. The molecule has 1 aliphatic rings. The van der Waals surface area contributed by atoms with Gasteiger partial charge in [0.1, 0.15) is 23.2 Å². The number of rotatable bonds is 8. The number of benzene rings is 2. The Bertz CT molecular complexity index is 1180. The monoisotopic (exact) mass is 443 g/mol. The highest BCUT2D eigenvalue weighted by Gasteiger charge is 2.13. The lowest BCUT2D eigenvalue weighted by atomic mass is 10.0. The minimum absolute atomic E-state index is 0.00356. The standard InChI is InChI=1S/C27H29N3O3/c1-2-32-15-12-29-27(31)23(19-28)18-25-10-11-26(33-25)22-7-6-21-17-24(9-8-20(21)16-22)30-13-4-3-5-14-30/h6-11,16-18H,2-5,12-15H2,1H3,(H,29,31)/b23-18+. The van der Waals surface area contributed by atoms with E-state index in [2.05, 4.69) is 40.5 Å². The first-order valence-electron chi connectivity index (χ1n) is 11.5. The average Bonchev–Trinajstić information content (AvgIpc) is 3.33. The number of ether oxygens (including phenoxy) is 1. The molecular weight excluding hydrogens is 414 g/mol. The smallest absolute Gasteiger partial charge is 0.262 e. The maximum atomic E-state index is 12.2. The molecule has 0 bridgehead atoms. The van der Waals surface area contributed by atoms with Crippen LogP contribution in [0.25, 0.3) is 28.2 Å². The number of hydrogen-bond donors (Lipinski definition) is 1. The number of nitriles is 1. The third-order valence-corrected chi connectivity index (χ3v) is 5.84. The van der Waals surface area contributed by atoms with Gasteiger partial charge in [0, 0.05) is 43.6 Å². The molecule has 2 heterocycles. The molecule has 2 aromatic carbocycles. The van der Waals surface area contributed by atoms with Crippen molar-refractivity contribution >= 4 is 28.4 Å². The summed E-state index contributed by atoms with van der Waals surface area (Å²) in [6.07, 6.45) is 5.30. The summed E-state index contributed by atoms with van der Waals surface area (Å²) in [6, 6.07) is 18.4. The van der Waals surface area contributed by atoms with Crippen molar-refractivity contribution in [1.29, 1.82) is 5.26 Å². The van der Waals surface area contributed by atoms with E-state index in [9.17, 15) is 10.1 Å². The topological polar surface area (TPSA) is 78.5 Å². The minimum Gasteiger partial charge on any atom is -0.457 e. The first kappa shape index (κ1) is 22.6. The van der Waals surface area contributed by atoms with Crippen LogP contribution in [0, 0.1) is 11.3 Å². The zero-order valence-corrected chi connectivity index (χ0v) is 19.0. The molecule has 1 saturated heterocycles. The van der Waals surface area contributed by atoms with Gasteiger partial charge in [-0.15, -0.1) is 0 Å². The maximum Gasteiger partial charge on any atom is 0.262 e. The van der Waals surface area contributed by atoms with Crippen LogP contribution in [0.5, 0.6) is 0 Å². The molecule has 3 aromatic rings. The van der Waals surface area contributed by atoms with E-state index in [4.69, 9.17) is 9.15 Å². The van der Waals surface area contributed by atoms with Crippen LogP contribution in [0.15, 0.2) is 58.5 Å². The van der Waals surface area contributed by atoms with Gasteiger partial charge in [-0.2, -0.15) is 5.26 Å². The third kappa shape index (κ3) is 5.63.